The fourth-order valence-electron chi connectivity index (χ4n) is 1.08. The Balaban J connectivity index is 2.87. The summed E-state index contributed by atoms with van der Waals surface area (Å²) in [7, 11) is 0. The summed E-state index contributed by atoms with van der Waals surface area (Å²) in [5.74, 6) is -1.47. The molecule has 0 radical (unpaired) electrons. The molecular weight excluding hydrogens is 305 g/mol. The highest BCUT2D eigenvalue weighted by Gasteiger charge is 2.34. The summed E-state index contributed by atoms with van der Waals surface area (Å²) in [4.78, 5) is 13.8. The van der Waals surface area contributed by atoms with Gasteiger partial charge in [0.1, 0.15) is 5.82 Å². The normalized spacial score (nSPS) is 11.3. The number of pyridine rings is 1. The summed E-state index contributed by atoms with van der Waals surface area (Å²) < 4.78 is 38.0. The standard InChI is InChI=1S/C9H8BrF3N2O2/c10-5-3-6(9(11,12)13)8(15-4-5)14-2-1-7(16)17/h3-4H,1-2H2,(H,14,15)(H,16,17). The molecule has 8 heteroatoms. The van der Waals surface area contributed by atoms with Gasteiger partial charge in [-0.1, -0.05) is 0 Å². The molecule has 1 aromatic rings. The molecule has 0 aliphatic rings. The Labute approximate surface area is 103 Å². The van der Waals surface area contributed by atoms with E-state index in [-0.39, 0.29) is 23.3 Å². The number of nitrogens with one attached hydrogen (secondary N) is 1. The Morgan fingerprint density at radius 2 is 2.18 bits per heavy atom. The number of aliphatic carboxylic acids is 1. The molecule has 0 amide bonds. The number of anilines is 1. The van der Waals surface area contributed by atoms with Crippen LogP contribution in [-0.4, -0.2) is 22.6 Å². The van der Waals surface area contributed by atoms with E-state index in [2.05, 4.69) is 26.2 Å². The van der Waals surface area contributed by atoms with Crippen molar-refractivity contribution >= 4 is 27.7 Å². The Hall–Kier alpha value is -1.31. The highest BCUT2D eigenvalue weighted by Crippen LogP contribution is 2.35. The van der Waals surface area contributed by atoms with Gasteiger partial charge >= 0.3 is 12.1 Å². The molecule has 1 heterocycles. The van der Waals surface area contributed by atoms with Crippen LogP contribution >= 0.6 is 15.9 Å². The first-order valence-electron chi connectivity index (χ1n) is 4.49. The molecule has 0 aromatic carbocycles. The number of hydrogen-bond acceptors (Lipinski definition) is 3. The first kappa shape index (κ1) is 13.8. The molecule has 0 atom stereocenters. The van der Waals surface area contributed by atoms with Crippen LogP contribution in [-0.2, 0) is 11.0 Å². The van der Waals surface area contributed by atoms with Gasteiger partial charge in [-0.15, -0.1) is 0 Å². The van der Waals surface area contributed by atoms with Gasteiger partial charge in [-0.3, -0.25) is 4.79 Å². The number of aromatic nitrogens is 1. The fourth-order valence-corrected chi connectivity index (χ4v) is 1.42. The van der Waals surface area contributed by atoms with Crippen molar-refractivity contribution in [3.8, 4) is 0 Å². The first-order chi connectivity index (χ1) is 7.80. The van der Waals surface area contributed by atoms with Gasteiger partial charge in [-0.05, 0) is 22.0 Å². The minimum Gasteiger partial charge on any atom is -0.481 e. The highest BCUT2D eigenvalue weighted by molar-refractivity contribution is 9.10. The topological polar surface area (TPSA) is 62.2 Å². The zero-order valence-corrected chi connectivity index (χ0v) is 9.97. The Bertz CT molecular complexity index is 423. The van der Waals surface area contributed by atoms with Crippen LogP contribution in [0.2, 0.25) is 0 Å². The molecule has 4 nitrogen and oxygen atoms in total. The van der Waals surface area contributed by atoms with Crippen LogP contribution in [0.3, 0.4) is 0 Å². The van der Waals surface area contributed by atoms with E-state index < -0.39 is 17.7 Å². The second kappa shape index (κ2) is 5.35. The number of carboxylic acid groups (broad SMARTS) is 1. The minimum absolute atomic E-state index is 0.118. The van der Waals surface area contributed by atoms with E-state index in [4.69, 9.17) is 5.11 Å². The van der Waals surface area contributed by atoms with Crippen molar-refractivity contribution in [3.05, 3.63) is 22.3 Å². The molecule has 0 spiro atoms. The van der Waals surface area contributed by atoms with Gasteiger partial charge in [0.2, 0.25) is 0 Å². The minimum atomic E-state index is -4.54. The quantitative estimate of drug-likeness (QED) is 0.897. The third-order valence-corrected chi connectivity index (χ3v) is 2.22. The highest BCUT2D eigenvalue weighted by atomic mass is 79.9. The van der Waals surface area contributed by atoms with Gasteiger partial charge in [0, 0.05) is 17.2 Å². The van der Waals surface area contributed by atoms with Crippen LogP contribution in [0.1, 0.15) is 12.0 Å². The number of carboxylic acids is 1. The number of hydrogen-bond donors (Lipinski definition) is 2. The third-order valence-electron chi connectivity index (χ3n) is 1.79. The summed E-state index contributed by atoms with van der Waals surface area (Å²) >= 11 is 2.90. The molecule has 94 valence electrons. The van der Waals surface area contributed by atoms with Gasteiger partial charge < -0.3 is 10.4 Å². The average molecular weight is 313 g/mol. The smallest absolute Gasteiger partial charge is 0.419 e. The van der Waals surface area contributed by atoms with E-state index in [0.717, 1.165) is 6.07 Å². The van der Waals surface area contributed by atoms with Crippen LogP contribution < -0.4 is 5.32 Å². The Kier molecular flexibility index (Phi) is 4.33. The lowest BCUT2D eigenvalue weighted by atomic mass is 10.2. The Morgan fingerprint density at radius 1 is 1.53 bits per heavy atom. The van der Waals surface area contributed by atoms with Crippen LogP contribution in [0.15, 0.2) is 16.7 Å². The molecule has 0 bridgehead atoms. The second-order valence-corrected chi connectivity index (χ2v) is 4.03. The summed E-state index contributed by atoms with van der Waals surface area (Å²) in [5, 5.41) is 10.7. The van der Waals surface area contributed by atoms with Crippen molar-refractivity contribution in [2.75, 3.05) is 11.9 Å². The maximum atomic E-state index is 12.6. The number of alkyl halides is 3. The summed E-state index contributed by atoms with van der Waals surface area (Å²) in [6, 6.07) is 0.885. The molecule has 0 aliphatic carbocycles. The number of halogens is 4. The molecule has 1 rings (SSSR count). The zero-order valence-electron chi connectivity index (χ0n) is 8.38. The summed E-state index contributed by atoms with van der Waals surface area (Å²) in [6.45, 7) is -0.118. The van der Waals surface area contributed by atoms with Gasteiger partial charge in [-0.2, -0.15) is 13.2 Å². The predicted octanol–water partition coefficient (Wildman–Crippen LogP) is 2.75. The van der Waals surface area contributed by atoms with Crippen LogP contribution in [0, 0.1) is 0 Å². The Morgan fingerprint density at radius 3 is 2.71 bits per heavy atom. The molecule has 0 fully saturated rings. The predicted molar refractivity (Wildman–Crippen MR) is 57.7 cm³/mol. The molecule has 0 saturated carbocycles. The number of nitrogens with zero attached hydrogens (tertiary/aromatic N) is 1. The molecular formula is C9H8BrF3N2O2. The van der Waals surface area contributed by atoms with Crippen LogP contribution in [0.4, 0.5) is 19.0 Å². The average Bonchev–Trinajstić information content (AvgIpc) is 2.18. The van der Waals surface area contributed by atoms with Crippen molar-refractivity contribution in [1.29, 1.82) is 0 Å². The van der Waals surface area contributed by atoms with E-state index >= 15 is 0 Å². The number of rotatable bonds is 4. The van der Waals surface area contributed by atoms with Crippen molar-refractivity contribution in [2.24, 2.45) is 0 Å². The van der Waals surface area contributed by atoms with Crippen molar-refractivity contribution in [1.82, 2.24) is 4.98 Å². The summed E-state index contributed by atoms with van der Waals surface area (Å²) in [6.07, 6.45) is -3.62. The first-order valence-corrected chi connectivity index (χ1v) is 5.28. The molecule has 0 unspecified atom stereocenters. The zero-order chi connectivity index (χ0) is 13.1. The van der Waals surface area contributed by atoms with E-state index in [0.29, 0.717) is 0 Å². The van der Waals surface area contributed by atoms with Crippen LogP contribution in [0.25, 0.3) is 0 Å². The molecule has 0 saturated heterocycles. The van der Waals surface area contributed by atoms with Gasteiger partial charge in [0.05, 0.1) is 12.0 Å². The van der Waals surface area contributed by atoms with E-state index in [9.17, 15) is 18.0 Å². The molecule has 2 N–H and O–H groups in total. The van der Waals surface area contributed by atoms with E-state index in [1.165, 1.54) is 6.20 Å². The monoisotopic (exact) mass is 312 g/mol. The molecule has 17 heavy (non-hydrogen) atoms. The van der Waals surface area contributed by atoms with E-state index in [1.54, 1.807) is 0 Å². The third kappa shape index (κ3) is 4.22. The maximum Gasteiger partial charge on any atom is 0.419 e. The molecule has 0 aliphatic heterocycles. The lowest BCUT2D eigenvalue weighted by Gasteiger charge is -2.13. The van der Waals surface area contributed by atoms with Crippen LogP contribution in [0.5, 0.6) is 0 Å². The van der Waals surface area contributed by atoms with Gasteiger partial charge in [0.25, 0.3) is 0 Å². The SMILES string of the molecule is O=C(O)CCNc1ncc(Br)cc1C(F)(F)F. The van der Waals surface area contributed by atoms with Crippen molar-refractivity contribution < 1.29 is 23.1 Å². The van der Waals surface area contributed by atoms with Gasteiger partial charge in [0.15, 0.2) is 0 Å². The second-order valence-electron chi connectivity index (χ2n) is 3.12. The van der Waals surface area contributed by atoms with Gasteiger partial charge in [-0.25, -0.2) is 4.98 Å². The summed E-state index contributed by atoms with van der Waals surface area (Å²) in [5.41, 5.74) is -0.933. The van der Waals surface area contributed by atoms with Crippen molar-refractivity contribution in [3.63, 3.8) is 0 Å². The van der Waals surface area contributed by atoms with Crippen molar-refractivity contribution in [2.45, 2.75) is 12.6 Å². The lowest BCUT2D eigenvalue weighted by Crippen LogP contribution is -2.14. The maximum absolute atomic E-state index is 12.6. The number of carbonyl (C=O) groups is 1. The van der Waals surface area contributed by atoms with E-state index in [1.807, 2.05) is 0 Å². The largest absolute Gasteiger partial charge is 0.481 e. The fraction of sp³-hybridized carbons (Fsp3) is 0.333. The molecule has 1 aromatic heterocycles. The lowest BCUT2D eigenvalue weighted by molar-refractivity contribution is -0.137.